The van der Waals surface area contributed by atoms with E-state index in [1.54, 1.807) is 30.6 Å². The minimum atomic E-state index is -0.514. The lowest BCUT2D eigenvalue weighted by Gasteiger charge is -2.28. The molecule has 2 unspecified atom stereocenters. The Morgan fingerprint density at radius 3 is 2.61 bits per heavy atom. The molecule has 2 atom stereocenters. The number of rotatable bonds is 6. The lowest BCUT2D eigenvalue weighted by atomic mass is 9.92. The molecular weight excluding hydrogens is 393 g/mol. The van der Waals surface area contributed by atoms with Crippen molar-refractivity contribution in [3.8, 4) is 11.1 Å². The number of aromatic nitrogens is 2. The van der Waals surface area contributed by atoms with Crippen LogP contribution in [-0.4, -0.2) is 33.1 Å². The average Bonchev–Trinajstić information content (AvgIpc) is 2.80. The second-order valence-electron chi connectivity index (χ2n) is 7.98. The maximum Gasteiger partial charge on any atom is 0.253 e. The Labute approximate surface area is 181 Å². The Bertz CT molecular complexity index is 1020. The Morgan fingerprint density at radius 2 is 1.87 bits per heavy atom. The fourth-order valence-corrected chi connectivity index (χ4v) is 4.02. The summed E-state index contributed by atoms with van der Waals surface area (Å²) >= 11 is 0. The number of hydrogen-bond donors (Lipinski definition) is 2. The van der Waals surface area contributed by atoms with Crippen LogP contribution < -0.4 is 5.32 Å². The van der Waals surface area contributed by atoms with Gasteiger partial charge in [-0.05, 0) is 61.6 Å². The second kappa shape index (κ2) is 9.79. The topological polar surface area (TPSA) is 75.1 Å². The Morgan fingerprint density at radius 1 is 1.06 bits per heavy atom. The van der Waals surface area contributed by atoms with Crippen molar-refractivity contribution >= 4 is 5.91 Å². The molecule has 2 heterocycles. The quantitative estimate of drug-likeness (QED) is 0.631. The molecule has 0 spiro atoms. The van der Waals surface area contributed by atoms with Gasteiger partial charge in [0.15, 0.2) is 0 Å². The first-order chi connectivity index (χ1) is 15.1. The predicted octanol–water partition coefficient (Wildman–Crippen LogP) is 4.10. The average molecular weight is 420 g/mol. The summed E-state index contributed by atoms with van der Waals surface area (Å²) in [6, 6.07) is 13.6. The van der Waals surface area contributed by atoms with Gasteiger partial charge in [0.25, 0.3) is 5.91 Å². The number of aliphatic hydroxyl groups excluding tert-OH is 1. The van der Waals surface area contributed by atoms with Crippen molar-refractivity contribution in [2.24, 2.45) is 0 Å². The van der Waals surface area contributed by atoms with Crippen LogP contribution in [-0.2, 0) is 12.8 Å². The highest BCUT2D eigenvalue weighted by molar-refractivity contribution is 5.95. The van der Waals surface area contributed by atoms with Crippen LogP contribution in [0.25, 0.3) is 11.1 Å². The van der Waals surface area contributed by atoms with Gasteiger partial charge in [-0.25, -0.2) is 4.39 Å². The van der Waals surface area contributed by atoms with Gasteiger partial charge in [-0.3, -0.25) is 14.8 Å². The van der Waals surface area contributed by atoms with E-state index in [0.717, 1.165) is 41.8 Å². The van der Waals surface area contributed by atoms with Crippen LogP contribution in [0.3, 0.4) is 0 Å². The number of aryl methyl sites for hydroxylation is 2. The monoisotopic (exact) mass is 419 g/mol. The van der Waals surface area contributed by atoms with E-state index >= 15 is 0 Å². The number of nitrogens with zero attached hydrogens (tertiary/aromatic N) is 2. The molecule has 0 aliphatic heterocycles. The first kappa shape index (κ1) is 21.1. The third-order valence-electron chi connectivity index (χ3n) is 5.78. The molecule has 160 valence electrons. The number of nitrogens with one attached hydrogen (secondary N) is 1. The molecule has 1 aliphatic carbocycles. The van der Waals surface area contributed by atoms with E-state index in [0.29, 0.717) is 24.8 Å². The van der Waals surface area contributed by atoms with Crippen LogP contribution in [0.1, 0.15) is 47.4 Å². The summed E-state index contributed by atoms with van der Waals surface area (Å²) in [6.07, 6.45) is 7.63. The zero-order valence-corrected chi connectivity index (χ0v) is 17.3. The highest BCUT2D eigenvalue weighted by atomic mass is 19.1. The van der Waals surface area contributed by atoms with Gasteiger partial charge in [0, 0.05) is 29.3 Å². The van der Waals surface area contributed by atoms with Crippen LogP contribution in [0.5, 0.6) is 0 Å². The summed E-state index contributed by atoms with van der Waals surface area (Å²) in [6.45, 7) is 0. The number of aliphatic hydroxyl groups is 1. The third kappa shape index (κ3) is 5.33. The van der Waals surface area contributed by atoms with E-state index in [1.165, 1.54) is 12.1 Å². The number of hydrogen-bond acceptors (Lipinski definition) is 4. The van der Waals surface area contributed by atoms with E-state index in [-0.39, 0.29) is 17.8 Å². The molecule has 1 saturated carbocycles. The third-order valence-corrected chi connectivity index (χ3v) is 5.78. The first-order valence-corrected chi connectivity index (χ1v) is 10.7. The SMILES string of the molecule is O=C(NC1CCCCC1O)c1cnc(CCc2ccccn2)c(-c2ccc(F)cc2)c1. The number of carbonyl (C=O) groups is 1. The van der Waals surface area contributed by atoms with Crippen molar-refractivity contribution in [3.63, 3.8) is 0 Å². The van der Waals surface area contributed by atoms with Gasteiger partial charge in [0.2, 0.25) is 0 Å². The number of halogens is 1. The van der Waals surface area contributed by atoms with Crippen LogP contribution in [0, 0.1) is 5.82 Å². The maximum absolute atomic E-state index is 13.5. The summed E-state index contributed by atoms with van der Waals surface area (Å²) in [7, 11) is 0. The van der Waals surface area contributed by atoms with E-state index < -0.39 is 6.10 Å². The lowest BCUT2D eigenvalue weighted by Crippen LogP contribution is -2.45. The molecule has 2 aromatic heterocycles. The summed E-state index contributed by atoms with van der Waals surface area (Å²) in [4.78, 5) is 21.8. The first-order valence-electron chi connectivity index (χ1n) is 10.7. The number of amides is 1. The molecule has 31 heavy (non-hydrogen) atoms. The van der Waals surface area contributed by atoms with Crippen molar-refractivity contribution in [1.82, 2.24) is 15.3 Å². The van der Waals surface area contributed by atoms with Crippen molar-refractivity contribution in [3.05, 3.63) is 83.7 Å². The standard InChI is InChI=1S/C25H26FN3O2/c26-19-10-8-17(9-11-19)21-15-18(25(31)29-23-6-1-2-7-24(23)30)16-28-22(21)13-12-20-5-3-4-14-27-20/h3-5,8-11,14-16,23-24,30H,1-2,6-7,12-13H2,(H,29,31). The van der Waals surface area contributed by atoms with Crippen LogP contribution in [0.15, 0.2) is 60.9 Å². The van der Waals surface area contributed by atoms with E-state index in [9.17, 15) is 14.3 Å². The van der Waals surface area contributed by atoms with Gasteiger partial charge in [0.1, 0.15) is 5.82 Å². The van der Waals surface area contributed by atoms with Gasteiger partial charge < -0.3 is 10.4 Å². The highest BCUT2D eigenvalue weighted by Crippen LogP contribution is 2.26. The van der Waals surface area contributed by atoms with Gasteiger partial charge in [-0.1, -0.05) is 31.0 Å². The fraction of sp³-hybridized carbons (Fsp3) is 0.320. The Hall–Kier alpha value is -3.12. The summed E-state index contributed by atoms with van der Waals surface area (Å²) in [5.41, 5.74) is 3.82. The molecule has 0 radical (unpaired) electrons. The van der Waals surface area contributed by atoms with Gasteiger partial charge in [-0.2, -0.15) is 0 Å². The molecule has 5 nitrogen and oxygen atoms in total. The maximum atomic E-state index is 13.5. The Kier molecular flexibility index (Phi) is 6.67. The largest absolute Gasteiger partial charge is 0.391 e. The number of benzene rings is 1. The van der Waals surface area contributed by atoms with Crippen LogP contribution in [0.4, 0.5) is 4.39 Å². The van der Waals surface area contributed by atoms with Gasteiger partial charge >= 0.3 is 0 Å². The zero-order valence-electron chi connectivity index (χ0n) is 17.3. The number of pyridine rings is 2. The fourth-order valence-electron chi connectivity index (χ4n) is 4.02. The lowest BCUT2D eigenvalue weighted by molar-refractivity contribution is 0.0717. The van der Waals surface area contributed by atoms with Gasteiger partial charge in [0.05, 0.1) is 17.7 Å². The minimum absolute atomic E-state index is 0.237. The predicted molar refractivity (Wildman–Crippen MR) is 117 cm³/mol. The zero-order chi connectivity index (χ0) is 21.6. The Balaban J connectivity index is 1.59. The van der Waals surface area contributed by atoms with Crippen LogP contribution in [0.2, 0.25) is 0 Å². The molecule has 1 aromatic carbocycles. The molecule has 1 fully saturated rings. The summed E-state index contributed by atoms with van der Waals surface area (Å²) in [5, 5.41) is 13.1. The molecule has 2 N–H and O–H groups in total. The molecule has 6 heteroatoms. The van der Waals surface area contributed by atoms with Crippen LogP contribution >= 0.6 is 0 Å². The number of carbonyl (C=O) groups excluding carboxylic acids is 1. The molecule has 0 saturated heterocycles. The molecule has 4 rings (SSSR count). The smallest absolute Gasteiger partial charge is 0.253 e. The molecule has 1 amide bonds. The molecular formula is C25H26FN3O2. The molecule has 3 aromatic rings. The van der Waals surface area contributed by atoms with Crippen molar-refractivity contribution in [2.75, 3.05) is 0 Å². The summed E-state index contributed by atoms with van der Waals surface area (Å²) < 4.78 is 13.5. The summed E-state index contributed by atoms with van der Waals surface area (Å²) in [5.74, 6) is -0.565. The van der Waals surface area contributed by atoms with Crippen molar-refractivity contribution < 1.29 is 14.3 Å². The second-order valence-corrected chi connectivity index (χ2v) is 7.98. The van der Waals surface area contributed by atoms with E-state index in [4.69, 9.17) is 0 Å². The van der Waals surface area contributed by atoms with Gasteiger partial charge in [-0.15, -0.1) is 0 Å². The highest BCUT2D eigenvalue weighted by Gasteiger charge is 2.25. The van der Waals surface area contributed by atoms with Crippen molar-refractivity contribution in [1.29, 1.82) is 0 Å². The minimum Gasteiger partial charge on any atom is -0.391 e. The molecule has 0 bridgehead atoms. The van der Waals surface area contributed by atoms with E-state index in [2.05, 4.69) is 15.3 Å². The van der Waals surface area contributed by atoms with Crippen molar-refractivity contribution in [2.45, 2.75) is 50.7 Å². The normalized spacial score (nSPS) is 18.5. The van der Waals surface area contributed by atoms with E-state index in [1.807, 2.05) is 18.2 Å². The molecule has 1 aliphatic rings.